The Morgan fingerprint density at radius 2 is 2.09 bits per heavy atom. The minimum atomic E-state index is -0.909. The maximum absolute atomic E-state index is 12.7. The summed E-state index contributed by atoms with van der Waals surface area (Å²) in [6.07, 6.45) is 2.12. The number of hydrogen-bond acceptors (Lipinski definition) is 3. The average Bonchev–Trinajstić information content (AvgIpc) is 3.01. The van der Waals surface area contributed by atoms with Crippen LogP contribution >= 0.6 is 0 Å². The lowest BCUT2D eigenvalue weighted by atomic mass is 9.89. The van der Waals surface area contributed by atoms with Gasteiger partial charge in [0.1, 0.15) is 5.76 Å². The third kappa shape index (κ3) is 2.39. The number of benzene rings is 1. The minimum absolute atomic E-state index is 0.175. The molecular weight excluding hydrogens is 282 g/mol. The highest BCUT2D eigenvalue weighted by Crippen LogP contribution is 2.30. The van der Waals surface area contributed by atoms with Gasteiger partial charge in [0.2, 0.25) is 0 Å². The topological polar surface area (TPSA) is 70.8 Å². The molecule has 1 amide bonds. The van der Waals surface area contributed by atoms with Crippen LogP contribution in [0.5, 0.6) is 0 Å². The molecule has 0 spiro atoms. The molecule has 3 rings (SSSR count). The maximum Gasteiger partial charge on any atom is 0.312 e. The fourth-order valence-corrected chi connectivity index (χ4v) is 2.95. The molecule has 1 N–H and O–H groups in total. The van der Waals surface area contributed by atoms with Crippen molar-refractivity contribution in [2.75, 3.05) is 6.54 Å². The van der Waals surface area contributed by atoms with Crippen molar-refractivity contribution in [1.29, 1.82) is 0 Å². The van der Waals surface area contributed by atoms with E-state index in [1.807, 2.05) is 31.2 Å². The van der Waals surface area contributed by atoms with Gasteiger partial charge in [0, 0.05) is 19.5 Å². The lowest BCUT2D eigenvalue weighted by molar-refractivity contribution is -0.139. The van der Waals surface area contributed by atoms with Crippen LogP contribution in [0, 0.1) is 0 Å². The molecular formula is C17H17NO4. The largest absolute Gasteiger partial charge is 0.481 e. The van der Waals surface area contributed by atoms with Gasteiger partial charge in [0.15, 0.2) is 0 Å². The number of hydrogen-bond donors (Lipinski definition) is 1. The SMILES string of the molecule is CCc1occc1C(=O)N1Cc2ccccc2C(C(=O)O)C1. The van der Waals surface area contributed by atoms with E-state index in [1.54, 1.807) is 11.0 Å². The van der Waals surface area contributed by atoms with Gasteiger partial charge < -0.3 is 14.4 Å². The number of fused-ring (bicyclic) bond motifs is 1. The van der Waals surface area contributed by atoms with Crippen molar-refractivity contribution in [1.82, 2.24) is 4.90 Å². The highest BCUT2D eigenvalue weighted by atomic mass is 16.4. The molecule has 0 aliphatic carbocycles. The van der Waals surface area contributed by atoms with Gasteiger partial charge >= 0.3 is 5.97 Å². The molecule has 5 heteroatoms. The number of aryl methyl sites for hydroxylation is 1. The van der Waals surface area contributed by atoms with Crippen molar-refractivity contribution >= 4 is 11.9 Å². The molecule has 0 bridgehead atoms. The van der Waals surface area contributed by atoms with Crippen LogP contribution in [0.25, 0.3) is 0 Å². The summed E-state index contributed by atoms with van der Waals surface area (Å²) in [5.74, 6) is -1.14. The molecule has 0 fully saturated rings. The number of carbonyl (C=O) groups excluding carboxylic acids is 1. The highest BCUT2D eigenvalue weighted by molar-refractivity contribution is 5.96. The average molecular weight is 299 g/mol. The predicted molar refractivity (Wildman–Crippen MR) is 79.6 cm³/mol. The number of rotatable bonds is 3. The standard InChI is InChI=1S/C17H17NO4/c1-2-15-13(7-8-22-15)16(19)18-9-11-5-3-4-6-12(11)14(10-18)17(20)21/h3-8,14H,2,9-10H2,1H3,(H,20,21). The van der Waals surface area contributed by atoms with E-state index in [4.69, 9.17) is 4.42 Å². The molecule has 1 aromatic heterocycles. The molecule has 114 valence electrons. The zero-order valence-electron chi connectivity index (χ0n) is 12.3. The van der Waals surface area contributed by atoms with Gasteiger partial charge in [-0.1, -0.05) is 31.2 Å². The zero-order valence-corrected chi connectivity index (χ0v) is 12.3. The van der Waals surface area contributed by atoms with Crippen molar-refractivity contribution in [2.24, 2.45) is 0 Å². The van der Waals surface area contributed by atoms with E-state index in [1.165, 1.54) is 6.26 Å². The molecule has 22 heavy (non-hydrogen) atoms. The van der Waals surface area contributed by atoms with Gasteiger partial charge in [-0.15, -0.1) is 0 Å². The summed E-state index contributed by atoms with van der Waals surface area (Å²) in [5, 5.41) is 9.46. The molecule has 1 atom stereocenters. The Balaban J connectivity index is 1.94. The van der Waals surface area contributed by atoms with Crippen LogP contribution in [0.3, 0.4) is 0 Å². The van der Waals surface area contributed by atoms with Crippen LogP contribution in [0.1, 0.15) is 40.1 Å². The molecule has 1 aliphatic heterocycles. The van der Waals surface area contributed by atoms with E-state index in [9.17, 15) is 14.7 Å². The Kier molecular flexibility index (Phi) is 3.71. The quantitative estimate of drug-likeness (QED) is 0.946. The fourth-order valence-electron chi connectivity index (χ4n) is 2.95. The molecule has 2 heterocycles. The number of furan rings is 1. The monoisotopic (exact) mass is 299 g/mol. The number of carboxylic acids is 1. The first-order valence-electron chi connectivity index (χ1n) is 7.28. The van der Waals surface area contributed by atoms with E-state index in [0.29, 0.717) is 24.3 Å². The second-order valence-electron chi connectivity index (χ2n) is 5.39. The fraction of sp³-hybridized carbons (Fsp3) is 0.294. The Labute approximate surface area is 128 Å². The first kappa shape index (κ1) is 14.4. The van der Waals surface area contributed by atoms with Gasteiger partial charge in [-0.3, -0.25) is 9.59 Å². The van der Waals surface area contributed by atoms with Crippen molar-refractivity contribution in [2.45, 2.75) is 25.8 Å². The van der Waals surface area contributed by atoms with Gasteiger partial charge in [-0.25, -0.2) is 0 Å². The molecule has 1 aromatic carbocycles. The van der Waals surface area contributed by atoms with Crippen LogP contribution in [-0.4, -0.2) is 28.4 Å². The Bertz CT molecular complexity index is 719. The Morgan fingerprint density at radius 1 is 1.32 bits per heavy atom. The summed E-state index contributed by atoms with van der Waals surface area (Å²) in [5.41, 5.74) is 2.20. The third-order valence-electron chi connectivity index (χ3n) is 4.08. The van der Waals surface area contributed by atoms with E-state index >= 15 is 0 Å². The molecule has 0 saturated carbocycles. The third-order valence-corrected chi connectivity index (χ3v) is 4.08. The van der Waals surface area contributed by atoms with Crippen LogP contribution < -0.4 is 0 Å². The Hall–Kier alpha value is -2.56. The molecule has 1 unspecified atom stereocenters. The van der Waals surface area contributed by atoms with Gasteiger partial charge in [-0.05, 0) is 17.2 Å². The van der Waals surface area contributed by atoms with Crippen molar-refractivity contribution in [3.63, 3.8) is 0 Å². The second-order valence-corrected chi connectivity index (χ2v) is 5.39. The lowest BCUT2D eigenvalue weighted by Gasteiger charge is -2.32. The van der Waals surface area contributed by atoms with E-state index in [-0.39, 0.29) is 12.5 Å². The number of nitrogens with zero attached hydrogens (tertiary/aromatic N) is 1. The number of amides is 1. The van der Waals surface area contributed by atoms with Crippen LogP contribution in [-0.2, 0) is 17.8 Å². The second kappa shape index (κ2) is 5.67. The molecule has 1 aliphatic rings. The summed E-state index contributed by atoms with van der Waals surface area (Å²) in [4.78, 5) is 25.8. The van der Waals surface area contributed by atoms with Gasteiger partial charge in [0.05, 0.1) is 17.7 Å². The maximum atomic E-state index is 12.7. The lowest BCUT2D eigenvalue weighted by Crippen LogP contribution is -2.40. The minimum Gasteiger partial charge on any atom is -0.481 e. The van der Waals surface area contributed by atoms with E-state index in [2.05, 4.69) is 0 Å². The van der Waals surface area contributed by atoms with Gasteiger partial charge in [0.25, 0.3) is 5.91 Å². The van der Waals surface area contributed by atoms with Crippen LogP contribution in [0.15, 0.2) is 41.0 Å². The normalized spacial score (nSPS) is 17.1. The molecule has 5 nitrogen and oxygen atoms in total. The first-order chi connectivity index (χ1) is 10.6. The number of carbonyl (C=O) groups is 2. The summed E-state index contributed by atoms with van der Waals surface area (Å²) in [6.45, 7) is 2.52. The van der Waals surface area contributed by atoms with Crippen molar-refractivity contribution < 1.29 is 19.1 Å². The molecule has 0 saturated heterocycles. The van der Waals surface area contributed by atoms with Crippen LogP contribution in [0.2, 0.25) is 0 Å². The Morgan fingerprint density at radius 3 is 2.82 bits per heavy atom. The summed E-state index contributed by atoms with van der Waals surface area (Å²) < 4.78 is 5.31. The summed E-state index contributed by atoms with van der Waals surface area (Å²) in [6, 6.07) is 9.04. The number of aliphatic carboxylic acids is 1. The first-order valence-corrected chi connectivity index (χ1v) is 7.28. The van der Waals surface area contributed by atoms with Crippen molar-refractivity contribution in [3.05, 3.63) is 59.0 Å². The summed E-state index contributed by atoms with van der Waals surface area (Å²) >= 11 is 0. The zero-order chi connectivity index (χ0) is 15.7. The van der Waals surface area contributed by atoms with E-state index < -0.39 is 11.9 Å². The van der Waals surface area contributed by atoms with Gasteiger partial charge in [-0.2, -0.15) is 0 Å². The number of carboxylic acid groups (broad SMARTS) is 1. The molecule has 0 radical (unpaired) electrons. The molecule has 2 aromatic rings. The summed E-state index contributed by atoms with van der Waals surface area (Å²) in [7, 11) is 0. The van der Waals surface area contributed by atoms with Crippen molar-refractivity contribution in [3.8, 4) is 0 Å². The smallest absolute Gasteiger partial charge is 0.312 e. The van der Waals surface area contributed by atoms with E-state index in [0.717, 1.165) is 11.1 Å². The van der Waals surface area contributed by atoms with Crippen LogP contribution in [0.4, 0.5) is 0 Å². The highest BCUT2D eigenvalue weighted by Gasteiger charge is 2.33. The predicted octanol–water partition coefficient (Wildman–Crippen LogP) is 2.67.